The minimum absolute atomic E-state index is 0.00484. The van der Waals surface area contributed by atoms with Gasteiger partial charge in [-0.2, -0.15) is 0 Å². The predicted molar refractivity (Wildman–Crippen MR) is 129 cm³/mol. The molecule has 9 nitrogen and oxygen atoms in total. The van der Waals surface area contributed by atoms with E-state index in [0.717, 1.165) is 16.2 Å². The fourth-order valence-electron chi connectivity index (χ4n) is 3.94. The van der Waals surface area contributed by atoms with Crippen molar-refractivity contribution >= 4 is 39.9 Å². The van der Waals surface area contributed by atoms with Crippen LogP contribution in [0, 0.1) is 13.8 Å². The van der Waals surface area contributed by atoms with Crippen LogP contribution in [0.1, 0.15) is 38.1 Å². The van der Waals surface area contributed by atoms with Crippen molar-refractivity contribution in [2.45, 2.75) is 19.9 Å². The highest BCUT2D eigenvalue weighted by molar-refractivity contribution is 7.17. The fraction of sp³-hybridized carbons (Fsp3) is 0.200. The van der Waals surface area contributed by atoms with Crippen molar-refractivity contribution in [3.8, 4) is 11.5 Å². The Hall–Kier alpha value is -4.18. The number of aryl methyl sites for hydroxylation is 2. The summed E-state index contributed by atoms with van der Waals surface area (Å²) < 4.78 is 10.0. The summed E-state index contributed by atoms with van der Waals surface area (Å²) >= 11 is 0.912. The number of ketones is 1. The van der Waals surface area contributed by atoms with Gasteiger partial charge in [-0.25, -0.2) is 9.78 Å². The third-order valence-electron chi connectivity index (χ3n) is 5.70. The summed E-state index contributed by atoms with van der Waals surface area (Å²) in [5, 5.41) is 21.2. The number of anilines is 1. The maximum Gasteiger partial charge on any atom is 0.350 e. The quantitative estimate of drug-likeness (QED) is 0.237. The number of esters is 1. The molecule has 1 aliphatic heterocycles. The number of aromatic nitrogens is 1. The maximum atomic E-state index is 13.3. The number of hydrogen-bond acceptors (Lipinski definition) is 9. The molecule has 1 aromatic heterocycles. The van der Waals surface area contributed by atoms with E-state index in [-0.39, 0.29) is 27.1 Å². The van der Waals surface area contributed by atoms with Crippen LogP contribution in [0.3, 0.4) is 0 Å². The number of nitrogens with zero attached hydrogens (tertiary/aromatic N) is 2. The second-order valence-corrected chi connectivity index (χ2v) is 8.82. The zero-order chi connectivity index (χ0) is 25.4. The number of rotatable bonds is 5. The number of hydrogen-bond donors (Lipinski definition) is 2. The first-order valence-electron chi connectivity index (χ1n) is 10.5. The van der Waals surface area contributed by atoms with Gasteiger partial charge in [0, 0.05) is 5.56 Å². The van der Waals surface area contributed by atoms with E-state index in [1.54, 1.807) is 44.2 Å². The third kappa shape index (κ3) is 4.12. The molecule has 1 fully saturated rings. The van der Waals surface area contributed by atoms with Gasteiger partial charge in [-0.3, -0.25) is 14.5 Å². The first-order chi connectivity index (χ1) is 16.7. The monoisotopic (exact) mass is 494 g/mol. The molecule has 0 aliphatic carbocycles. The van der Waals surface area contributed by atoms with Crippen LogP contribution in [0.25, 0.3) is 5.76 Å². The summed E-state index contributed by atoms with van der Waals surface area (Å²) in [7, 11) is 2.75. The molecule has 0 bridgehead atoms. The number of benzene rings is 2. The zero-order valence-corrected chi connectivity index (χ0v) is 20.2. The van der Waals surface area contributed by atoms with Crippen LogP contribution in [-0.4, -0.2) is 47.1 Å². The van der Waals surface area contributed by atoms with Crippen molar-refractivity contribution in [3.63, 3.8) is 0 Å². The topological polar surface area (TPSA) is 126 Å². The fourth-order valence-corrected chi connectivity index (χ4v) is 4.95. The van der Waals surface area contributed by atoms with Crippen LogP contribution in [0.2, 0.25) is 0 Å². The smallest absolute Gasteiger partial charge is 0.350 e. The second kappa shape index (κ2) is 9.22. The number of carbonyl (C=O) groups excluding carboxylic acids is 3. The van der Waals surface area contributed by atoms with Gasteiger partial charge in [0.15, 0.2) is 5.13 Å². The number of Topliss-reactive ketones (excluding diaryl/α,β-unsaturated/α-hetero) is 1. The van der Waals surface area contributed by atoms with Gasteiger partial charge >= 0.3 is 11.9 Å². The molecule has 0 unspecified atom stereocenters. The highest BCUT2D eigenvalue weighted by Crippen LogP contribution is 2.44. The van der Waals surface area contributed by atoms with Gasteiger partial charge < -0.3 is 19.7 Å². The second-order valence-electron chi connectivity index (χ2n) is 7.84. The lowest BCUT2D eigenvalue weighted by Crippen LogP contribution is -2.29. The van der Waals surface area contributed by atoms with Crippen LogP contribution in [0.4, 0.5) is 5.13 Å². The predicted octanol–water partition coefficient (Wildman–Crippen LogP) is 3.89. The highest BCUT2D eigenvalue weighted by atomic mass is 32.1. The first-order valence-corrected chi connectivity index (χ1v) is 11.3. The van der Waals surface area contributed by atoms with Gasteiger partial charge in [0.25, 0.3) is 5.78 Å². The van der Waals surface area contributed by atoms with Crippen LogP contribution in [-0.2, 0) is 14.3 Å². The van der Waals surface area contributed by atoms with Gasteiger partial charge in [0.1, 0.15) is 22.1 Å². The Morgan fingerprint density at radius 3 is 2.37 bits per heavy atom. The van der Waals surface area contributed by atoms with Crippen molar-refractivity contribution < 1.29 is 34.1 Å². The molecule has 0 spiro atoms. The standard InChI is InChI=1S/C25H22N2O7S/c1-12-11-16(33-3)9-10-17(12)20(29)18-19(14-5-7-15(28)8-6-14)27(23(31)21(18)30)25-26-13(2)22(35-25)24(32)34-4/h5-11,19,28-29H,1-4H3/t19-/m0/s1. The Labute approximate surface area is 204 Å². The molecule has 3 aromatic rings. The molecule has 0 radical (unpaired) electrons. The summed E-state index contributed by atoms with van der Waals surface area (Å²) in [6.07, 6.45) is 0. The third-order valence-corrected chi connectivity index (χ3v) is 6.84. The van der Waals surface area contributed by atoms with Gasteiger partial charge in [0.05, 0.1) is 31.5 Å². The maximum absolute atomic E-state index is 13.3. The molecule has 10 heteroatoms. The SMILES string of the molecule is COC(=O)c1sc(N2C(=O)C(=O)C(=C(O)c3ccc(OC)cc3C)[C@@H]2c2ccc(O)cc2)nc1C. The number of aliphatic hydroxyl groups excluding tert-OH is 1. The minimum atomic E-state index is -1.05. The summed E-state index contributed by atoms with van der Waals surface area (Å²) in [6.45, 7) is 3.34. The van der Waals surface area contributed by atoms with E-state index >= 15 is 0 Å². The average Bonchev–Trinajstić information content (AvgIpc) is 3.35. The van der Waals surface area contributed by atoms with Gasteiger partial charge in [-0.15, -0.1) is 0 Å². The zero-order valence-electron chi connectivity index (χ0n) is 19.4. The molecule has 0 saturated carbocycles. The number of carbonyl (C=O) groups is 3. The molecule has 2 heterocycles. The van der Waals surface area contributed by atoms with Crippen LogP contribution < -0.4 is 9.64 Å². The number of aliphatic hydroxyl groups is 1. The Morgan fingerprint density at radius 1 is 1.09 bits per heavy atom. The molecule has 180 valence electrons. The number of phenolic OH excluding ortho intramolecular Hbond substituents is 1. The van der Waals surface area contributed by atoms with Crippen molar-refractivity contribution in [1.82, 2.24) is 4.98 Å². The normalized spacial score (nSPS) is 17.0. The molecule has 4 rings (SSSR count). The van der Waals surface area contributed by atoms with E-state index in [2.05, 4.69) is 4.98 Å². The molecule has 2 aromatic carbocycles. The number of ether oxygens (including phenoxy) is 2. The van der Waals surface area contributed by atoms with Crippen LogP contribution in [0.15, 0.2) is 48.0 Å². The molecule has 1 atom stereocenters. The van der Waals surface area contributed by atoms with Crippen molar-refractivity contribution in [2.75, 3.05) is 19.1 Å². The Kier molecular flexibility index (Phi) is 6.31. The molecule has 1 saturated heterocycles. The molecule has 35 heavy (non-hydrogen) atoms. The highest BCUT2D eigenvalue weighted by Gasteiger charge is 2.48. The molecule has 2 N–H and O–H groups in total. The lowest BCUT2D eigenvalue weighted by Gasteiger charge is -2.23. The summed E-state index contributed by atoms with van der Waals surface area (Å²) in [6, 6.07) is 9.83. The van der Waals surface area contributed by atoms with E-state index in [4.69, 9.17) is 9.47 Å². The minimum Gasteiger partial charge on any atom is -0.508 e. The van der Waals surface area contributed by atoms with Crippen LogP contribution in [0.5, 0.6) is 11.5 Å². The number of aromatic hydroxyl groups is 1. The lowest BCUT2D eigenvalue weighted by molar-refractivity contribution is -0.132. The molecular weight excluding hydrogens is 472 g/mol. The van der Waals surface area contributed by atoms with Crippen LogP contribution >= 0.6 is 11.3 Å². The van der Waals surface area contributed by atoms with Gasteiger partial charge in [0.2, 0.25) is 0 Å². The van der Waals surface area contributed by atoms with Gasteiger partial charge in [-0.1, -0.05) is 23.5 Å². The van der Waals surface area contributed by atoms with E-state index in [0.29, 0.717) is 28.1 Å². The molecule has 1 amide bonds. The average molecular weight is 495 g/mol. The number of methoxy groups -OCH3 is 2. The van der Waals surface area contributed by atoms with Crippen molar-refractivity contribution in [1.29, 1.82) is 0 Å². The number of thiazole rings is 1. The summed E-state index contributed by atoms with van der Waals surface area (Å²) in [4.78, 5) is 44.4. The number of amides is 1. The summed E-state index contributed by atoms with van der Waals surface area (Å²) in [5.74, 6) is -2.20. The molecule has 1 aliphatic rings. The first kappa shape index (κ1) is 24.0. The van der Waals surface area contributed by atoms with Crippen molar-refractivity contribution in [3.05, 3.63) is 75.3 Å². The van der Waals surface area contributed by atoms with E-state index in [1.165, 1.54) is 26.4 Å². The van der Waals surface area contributed by atoms with Crippen molar-refractivity contribution in [2.24, 2.45) is 0 Å². The lowest BCUT2D eigenvalue weighted by atomic mass is 9.94. The Morgan fingerprint density at radius 2 is 1.77 bits per heavy atom. The molecular formula is C25H22N2O7S. The van der Waals surface area contributed by atoms with Gasteiger partial charge in [-0.05, 0) is 55.3 Å². The number of phenols is 1. The van der Waals surface area contributed by atoms with E-state index in [9.17, 15) is 24.6 Å². The Bertz CT molecular complexity index is 1370. The largest absolute Gasteiger partial charge is 0.508 e. The van der Waals surface area contributed by atoms with E-state index in [1.807, 2.05) is 0 Å². The van der Waals surface area contributed by atoms with E-state index < -0.39 is 23.7 Å². The summed E-state index contributed by atoms with van der Waals surface area (Å²) in [5.41, 5.74) is 1.66. The Balaban J connectivity index is 1.94.